The van der Waals surface area contributed by atoms with Crippen LogP contribution in [0, 0.1) is 11.8 Å². The van der Waals surface area contributed by atoms with E-state index in [0.717, 1.165) is 0 Å². The highest BCUT2D eigenvalue weighted by Crippen LogP contribution is 2.20. The number of rotatable bonds is 12. The first-order chi connectivity index (χ1) is 14.8. The monoisotopic (exact) mass is 455 g/mol. The Morgan fingerprint density at radius 3 is 2.19 bits per heavy atom. The standard InChI is InChI=1S/C21H37N5O6/c1-11(2)10-13(22)18(28)25-17(12(3)4)19(29)24-14(7-8-16(23)27)20(30)26-9-5-6-15(26)21(31)32/h11-15,17H,5-10,22H2,1-4H3,(H2,23,27)(H,24,29)(H,25,28)(H,31,32). The summed E-state index contributed by atoms with van der Waals surface area (Å²) in [7, 11) is 0. The summed E-state index contributed by atoms with van der Waals surface area (Å²) in [5.74, 6) is -3.56. The Kier molecular flexibility index (Phi) is 10.6. The van der Waals surface area contributed by atoms with Crippen molar-refractivity contribution in [2.24, 2.45) is 23.3 Å². The van der Waals surface area contributed by atoms with Gasteiger partial charge in [-0.1, -0.05) is 27.7 Å². The van der Waals surface area contributed by atoms with Gasteiger partial charge in [-0.05, 0) is 37.5 Å². The van der Waals surface area contributed by atoms with E-state index in [0.29, 0.717) is 19.3 Å². The summed E-state index contributed by atoms with van der Waals surface area (Å²) in [5.41, 5.74) is 11.1. The number of nitrogens with two attached hydrogens (primary N) is 2. The second-order valence-electron chi connectivity index (χ2n) is 9.06. The van der Waals surface area contributed by atoms with Crippen LogP contribution < -0.4 is 22.1 Å². The number of nitrogens with zero attached hydrogens (tertiary/aromatic N) is 1. The largest absolute Gasteiger partial charge is 0.480 e. The number of hydrogen-bond donors (Lipinski definition) is 5. The van der Waals surface area contributed by atoms with Gasteiger partial charge >= 0.3 is 5.97 Å². The maximum absolute atomic E-state index is 13.0. The molecule has 11 heteroatoms. The Labute approximate surface area is 188 Å². The summed E-state index contributed by atoms with van der Waals surface area (Å²) in [4.78, 5) is 62.4. The SMILES string of the molecule is CC(C)CC(N)C(=O)NC(C(=O)NC(CCC(N)=O)C(=O)N1CCCC1C(=O)O)C(C)C. The van der Waals surface area contributed by atoms with Gasteiger partial charge in [-0.3, -0.25) is 19.2 Å². The Morgan fingerprint density at radius 1 is 1.06 bits per heavy atom. The maximum atomic E-state index is 13.0. The van der Waals surface area contributed by atoms with Crippen molar-refractivity contribution in [3.8, 4) is 0 Å². The molecule has 0 aliphatic carbocycles. The average Bonchev–Trinajstić information content (AvgIpc) is 3.17. The molecule has 0 aromatic rings. The number of hydrogen-bond acceptors (Lipinski definition) is 6. The van der Waals surface area contributed by atoms with Crippen molar-refractivity contribution in [2.45, 2.75) is 84.0 Å². The van der Waals surface area contributed by atoms with Crippen molar-refractivity contribution in [1.82, 2.24) is 15.5 Å². The molecule has 0 bridgehead atoms. The minimum absolute atomic E-state index is 0.0750. The molecule has 0 aromatic carbocycles. The van der Waals surface area contributed by atoms with E-state index in [4.69, 9.17) is 11.5 Å². The van der Waals surface area contributed by atoms with Gasteiger partial charge in [0.1, 0.15) is 18.1 Å². The number of carboxylic acids is 1. The van der Waals surface area contributed by atoms with Gasteiger partial charge < -0.3 is 32.1 Å². The zero-order chi connectivity index (χ0) is 24.6. The number of primary amides is 1. The van der Waals surface area contributed by atoms with E-state index in [2.05, 4.69) is 10.6 Å². The molecule has 0 aromatic heterocycles. The van der Waals surface area contributed by atoms with Crippen LogP contribution in [-0.4, -0.2) is 70.3 Å². The molecule has 1 aliphatic heterocycles. The lowest BCUT2D eigenvalue weighted by atomic mass is 9.99. The number of aliphatic carboxylic acids is 1. The molecule has 11 nitrogen and oxygen atoms in total. The summed E-state index contributed by atoms with van der Waals surface area (Å²) in [6.07, 6.45) is 1.05. The van der Waals surface area contributed by atoms with Crippen LogP contribution >= 0.6 is 0 Å². The maximum Gasteiger partial charge on any atom is 0.326 e. The predicted octanol–water partition coefficient (Wildman–Crippen LogP) is -0.673. The smallest absolute Gasteiger partial charge is 0.326 e. The van der Waals surface area contributed by atoms with E-state index in [1.807, 2.05) is 13.8 Å². The quantitative estimate of drug-likeness (QED) is 0.258. The first-order valence-electron chi connectivity index (χ1n) is 11.0. The number of nitrogens with one attached hydrogen (secondary N) is 2. The third-order valence-electron chi connectivity index (χ3n) is 5.42. The number of likely N-dealkylation sites (tertiary alicyclic amines) is 1. The van der Waals surface area contributed by atoms with Crippen LogP contribution in [0.15, 0.2) is 0 Å². The number of carboxylic acid groups (broad SMARTS) is 1. The normalized spacial score (nSPS) is 18.8. The molecule has 4 atom stereocenters. The van der Waals surface area contributed by atoms with Crippen molar-refractivity contribution in [3.05, 3.63) is 0 Å². The summed E-state index contributed by atoms with van der Waals surface area (Å²) in [6, 6.07) is -3.86. The van der Waals surface area contributed by atoms with Crippen molar-refractivity contribution in [3.63, 3.8) is 0 Å². The third kappa shape index (κ3) is 8.10. The second kappa shape index (κ2) is 12.4. The molecule has 32 heavy (non-hydrogen) atoms. The topological polar surface area (TPSA) is 185 Å². The molecule has 4 amide bonds. The summed E-state index contributed by atoms with van der Waals surface area (Å²) >= 11 is 0. The van der Waals surface area contributed by atoms with Gasteiger partial charge in [-0.15, -0.1) is 0 Å². The molecule has 0 spiro atoms. The Hall–Kier alpha value is -2.69. The molecule has 182 valence electrons. The molecular weight excluding hydrogens is 418 g/mol. The Balaban J connectivity index is 2.98. The van der Waals surface area contributed by atoms with E-state index < -0.39 is 53.8 Å². The molecule has 1 heterocycles. The van der Waals surface area contributed by atoms with Gasteiger partial charge in [0.25, 0.3) is 0 Å². The molecule has 1 fully saturated rings. The van der Waals surface area contributed by atoms with E-state index in [1.54, 1.807) is 13.8 Å². The van der Waals surface area contributed by atoms with E-state index in [-0.39, 0.29) is 31.2 Å². The highest BCUT2D eigenvalue weighted by molar-refractivity contribution is 5.94. The van der Waals surface area contributed by atoms with Crippen LogP contribution in [-0.2, 0) is 24.0 Å². The molecular formula is C21H37N5O6. The number of amides is 4. The first-order valence-corrected chi connectivity index (χ1v) is 11.0. The van der Waals surface area contributed by atoms with Crippen molar-refractivity contribution in [1.29, 1.82) is 0 Å². The molecule has 1 aliphatic rings. The van der Waals surface area contributed by atoms with Crippen LogP contribution in [0.1, 0.15) is 59.8 Å². The summed E-state index contributed by atoms with van der Waals surface area (Å²) in [6.45, 7) is 7.57. The Morgan fingerprint density at radius 2 is 1.69 bits per heavy atom. The zero-order valence-corrected chi connectivity index (χ0v) is 19.3. The predicted molar refractivity (Wildman–Crippen MR) is 117 cm³/mol. The molecule has 4 unspecified atom stereocenters. The number of carbonyl (C=O) groups excluding carboxylic acids is 4. The molecule has 1 saturated heterocycles. The lowest BCUT2D eigenvalue weighted by molar-refractivity contribution is -0.149. The fraction of sp³-hybridized carbons (Fsp3) is 0.762. The van der Waals surface area contributed by atoms with Crippen molar-refractivity contribution in [2.75, 3.05) is 6.54 Å². The second-order valence-corrected chi connectivity index (χ2v) is 9.06. The van der Waals surface area contributed by atoms with Crippen molar-refractivity contribution < 1.29 is 29.1 Å². The lowest BCUT2D eigenvalue weighted by Gasteiger charge is -2.30. The minimum atomic E-state index is -1.14. The summed E-state index contributed by atoms with van der Waals surface area (Å²) in [5, 5.41) is 14.6. The highest BCUT2D eigenvalue weighted by atomic mass is 16.4. The van der Waals surface area contributed by atoms with Gasteiger partial charge in [0.05, 0.1) is 6.04 Å². The molecule has 0 saturated carbocycles. The lowest BCUT2D eigenvalue weighted by Crippen LogP contribution is -2.58. The first kappa shape index (κ1) is 27.3. The van der Waals surface area contributed by atoms with E-state index >= 15 is 0 Å². The third-order valence-corrected chi connectivity index (χ3v) is 5.42. The van der Waals surface area contributed by atoms with Gasteiger partial charge in [-0.25, -0.2) is 4.79 Å². The van der Waals surface area contributed by atoms with Crippen molar-refractivity contribution >= 4 is 29.6 Å². The van der Waals surface area contributed by atoms with Crippen LogP contribution in [0.4, 0.5) is 0 Å². The van der Waals surface area contributed by atoms with Crippen LogP contribution in [0.3, 0.4) is 0 Å². The Bertz CT molecular complexity index is 711. The zero-order valence-electron chi connectivity index (χ0n) is 19.3. The highest BCUT2D eigenvalue weighted by Gasteiger charge is 2.38. The van der Waals surface area contributed by atoms with Gasteiger partial charge in [0.2, 0.25) is 23.6 Å². The molecule has 7 N–H and O–H groups in total. The van der Waals surface area contributed by atoms with Crippen LogP contribution in [0.25, 0.3) is 0 Å². The fourth-order valence-electron chi connectivity index (χ4n) is 3.70. The minimum Gasteiger partial charge on any atom is -0.480 e. The van der Waals surface area contributed by atoms with Crippen LogP contribution in [0.5, 0.6) is 0 Å². The molecule has 0 radical (unpaired) electrons. The fourth-order valence-corrected chi connectivity index (χ4v) is 3.70. The van der Waals surface area contributed by atoms with Gasteiger partial charge in [-0.2, -0.15) is 0 Å². The van der Waals surface area contributed by atoms with Gasteiger partial charge in [0.15, 0.2) is 0 Å². The number of carbonyl (C=O) groups is 5. The average molecular weight is 456 g/mol. The van der Waals surface area contributed by atoms with Gasteiger partial charge in [0, 0.05) is 13.0 Å². The summed E-state index contributed by atoms with van der Waals surface area (Å²) < 4.78 is 0. The molecule has 1 rings (SSSR count). The van der Waals surface area contributed by atoms with E-state index in [9.17, 15) is 29.1 Å². The van der Waals surface area contributed by atoms with E-state index in [1.165, 1.54) is 4.90 Å². The van der Waals surface area contributed by atoms with Crippen LogP contribution in [0.2, 0.25) is 0 Å².